The van der Waals surface area contributed by atoms with E-state index in [1.54, 1.807) is 0 Å². The van der Waals surface area contributed by atoms with E-state index in [2.05, 4.69) is 75.6 Å². The SMILES string of the molecule is Cc1cc(C)c(-c2nc(C(C)C)n(Cc3ccccc3)c2N)c(C)c1. The first kappa shape index (κ1) is 17.3. The van der Waals surface area contributed by atoms with Gasteiger partial charge < -0.3 is 10.3 Å². The third-order valence-corrected chi connectivity index (χ3v) is 4.65. The van der Waals surface area contributed by atoms with E-state index in [1.807, 2.05) is 6.07 Å². The molecule has 3 heteroatoms. The standard InChI is InChI=1S/C22H27N3/c1-14(2)22-24-20(19-16(4)11-15(3)12-17(19)5)21(23)25(22)13-18-9-7-6-8-10-18/h6-12,14H,13,23H2,1-5H3. The molecular formula is C22H27N3. The van der Waals surface area contributed by atoms with E-state index in [-0.39, 0.29) is 0 Å². The average molecular weight is 333 g/mol. The van der Waals surface area contributed by atoms with Gasteiger partial charge in [0.1, 0.15) is 17.3 Å². The van der Waals surface area contributed by atoms with Crippen LogP contribution in [0.25, 0.3) is 11.3 Å². The third-order valence-electron chi connectivity index (χ3n) is 4.65. The van der Waals surface area contributed by atoms with Gasteiger partial charge in [-0.1, -0.05) is 61.9 Å². The van der Waals surface area contributed by atoms with Crippen molar-refractivity contribution in [2.75, 3.05) is 5.73 Å². The third kappa shape index (κ3) is 3.32. The highest BCUT2D eigenvalue weighted by atomic mass is 15.1. The second-order valence-corrected chi connectivity index (χ2v) is 7.20. The van der Waals surface area contributed by atoms with Crippen molar-refractivity contribution in [3.05, 3.63) is 70.5 Å². The number of anilines is 1. The van der Waals surface area contributed by atoms with Gasteiger partial charge in [0, 0.05) is 11.5 Å². The summed E-state index contributed by atoms with van der Waals surface area (Å²) in [6.07, 6.45) is 0. The van der Waals surface area contributed by atoms with Crippen LogP contribution in [0.1, 0.15) is 47.8 Å². The summed E-state index contributed by atoms with van der Waals surface area (Å²) in [5.41, 5.74) is 13.6. The number of aromatic nitrogens is 2. The molecule has 2 N–H and O–H groups in total. The summed E-state index contributed by atoms with van der Waals surface area (Å²) in [6, 6.07) is 14.8. The lowest BCUT2D eigenvalue weighted by Gasteiger charge is -2.13. The number of nitrogens with zero attached hydrogens (tertiary/aromatic N) is 2. The molecule has 0 aliphatic heterocycles. The van der Waals surface area contributed by atoms with Crippen molar-refractivity contribution in [3.8, 4) is 11.3 Å². The molecule has 0 aliphatic carbocycles. The van der Waals surface area contributed by atoms with Gasteiger partial charge in [-0.05, 0) is 37.5 Å². The van der Waals surface area contributed by atoms with E-state index < -0.39 is 0 Å². The highest BCUT2D eigenvalue weighted by Crippen LogP contribution is 2.34. The van der Waals surface area contributed by atoms with Gasteiger partial charge in [-0.3, -0.25) is 0 Å². The van der Waals surface area contributed by atoms with Crippen LogP contribution in [0.4, 0.5) is 5.82 Å². The zero-order valence-corrected chi connectivity index (χ0v) is 15.8. The van der Waals surface area contributed by atoms with Gasteiger partial charge in [0.25, 0.3) is 0 Å². The van der Waals surface area contributed by atoms with Crippen molar-refractivity contribution in [2.24, 2.45) is 0 Å². The van der Waals surface area contributed by atoms with E-state index in [0.29, 0.717) is 5.92 Å². The molecule has 3 aromatic rings. The summed E-state index contributed by atoms with van der Waals surface area (Å²) < 4.78 is 2.16. The minimum atomic E-state index is 0.311. The van der Waals surface area contributed by atoms with Gasteiger partial charge in [0.15, 0.2) is 0 Å². The fraction of sp³-hybridized carbons (Fsp3) is 0.318. The zero-order valence-electron chi connectivity index (χ0n) is 15.8. The molecule has 0 spiro atoms. The molecule has 0 atom stereocenters. The van der Waals surface area contributed by atoms with Gasteiger partial charge in [-0.25, -0.2) is 4.98 Å². The van der Waals surface area contributed by atoms with E-state index in [0.717, 1.165) is 29.4 Å². The fourth-order valence-electron chi connectivity index (χ4n) is 3.59. The fourth-order valence-corrected chi connectivity index (χ4v) is 3.59. The molecule has 0 aliphatic rings. The molecule has 1 aromatic heterocycles. The van der Waals surface area contributed by atoms with E-state index in [9.17, 15) is 0 Å². The number of nitrogen functional groups attached to an aromatic ring is 1. The van der Waals surface area contributed by atoms with E-state index in [4.69, 9.17) is 10.7 Å². The summed E-state index contributed by atoms with van der Waals surface area (Å²) in [6.45, 7) is 11.5. The smallest absolute Gasteiger partial charge is 0.132 e. The minimum absolute atomic E-state index is 0.311. The topological polar surface area (TPSA) is 43.8 Å². The number of rotatable bonds is 4. The highest BCUT2D eigenvalue weighted by molar-refractivity contribution is 5.77. The van der Waals surface area contributed by atoms with Gasteiger partial charge in [0.2, 0.25) is 0 Å². The zero-order chi connectivity index (χ0) is 18.1. The molecule has 0 saturated heterocycles. The predicted molar refractivity (Wildman–Crippen MR) is 106 cm³/mol. The molecular weight excluding hydrogens is 306 g/mol. The van der Waals surface area contributed by atoms with Crippen molar-refractivity contribution in [1.29, 1.82) is 0 Å². The van der Waals surface area contributed by atoms with Crippen LogP contribution in [-0.4, -0.2) is 9.55 Å². The Kier molecular flexibility index (Phi) is 4.67. The first-order chi connectivity index (χ1) is 11.9. The van der Waals surface area contributed by atoms with E-state index in [1.165, 1.54) is 22.3 Å². The number of hydrogen-bond acceptors (Lipinski definition) is 2. The lowest BCUT2D eigenvalue weighted by molar-refractivity contribution is 0.675. The molecule has 130 valence electrons. The second kappa shape index (κ2) is 6.75. The first-order valence-electron chi connectivity index (χ1n) is 8.86. The molecule has 3 rings (SSSR count). The normalized spacial score (nSPS) is 11.3. The first-order valence-corrected chi connectivity index (χ1v) is 8.86. The number of aryl methyl sites for hydroxylation is 3. The Hall–Kier alpha value is -2.55. The largest absolute Gasteiger partial charge is 0.383 e. The Bertz CT molecular complexity index is 866. The molecule has 1 heterocycles. The summed E-state index contributed by atoms with van der Waals surface area (Å²) in [5.74, 6) is 2.10. The van der Waals surface area contributed by atoms with Crippen LogP contribution < -0.4 is 5.73 Å². The molecule has 0 radical (unpaired) electrons. The van der Waals surface area contributed by atoms with Crippen molar-refractivity contribution in [3.63, 3.8) is 0 Å². The molecule has 0 fully saturated rings. The highest BCUT2D eigenvalue weighted by Gasteiger charge is 2.21. The summed E-state index contributed by atoms with van der Waals surface area (Å²) in [5, 5.41) is 0. The molecule has 25 heavy (non-hydrogen) atoms. The van der Waals surface area contributed by atoms with Crippen molar-refractivity contribution >= 4 is 5.82 Å². The van der Waals surface area contributed by atoms with Gasteiger partial charge in [-0.2, -0.15) is 0 Å². The van der Waals surface area contributed by atoms with Gasteiger partial charge >= 0.3 is 0 Å². The maximum absolute atomic E-state index is 6.60. The quantitative estimate of drug-likeness (QED) is 0.710. The molecule has 2 aromatic carbocycles. The van der Waals surface area contributed by atoms with Crippen LogP contribution in [0.15, 0.2) is 42.5 Å². The summed E-state index contributed by atoms with van der Waals surface area (Å²) in [4.78, 5) is 4.96. The Balaban J connectivity index is 2.16. The monoisotopic (exact) mass is 333 g/mol. The van der Waals surface area contributed by atoms with Crippen molar-refractivity contribution in [1.82, 2.24) is 9.55 Å². The van der Waals surface area contributed by atoms with Gasteiger partial charge in [-0.15, -0.1) is 0 Å². The Labute approximate surface area is 150 Å². The van der Waals surface area contributed by atoms with Gasteiger partial charge in [0.05, 0.1) is 6.54 Å². The lowest BCUT2D eigenvalue weighted by atomic mass is 9.97. The van der Waals surface area contributed by atoms with Crippen LogP contribution in [0.5, 0.6) is 0 Å². The number of benzene rings is 2. The maximum atomic E-state index is 6.60. The summed E-state index contributed by atoms with van der Waals surface area (Å²) in [7, 11) is 0. The minimum Gasteiger partial charge on any atom is -0.383 e. The maximum Gasteiger partial charge on any atom is 0.132 e. The molecule has 0 saturated carbocycles. The Morgan fingerprint density at radius 3 is 2.16 bits per heavy atom. The average Bonchev–Trinajstić information content (AvgIpc) is 2.85. The van der Waals surface area contributed by atoms with Crippen LogP contribution in [0, 0.1) is 20.8 Å². The Morgan fingerprint density at radius 2 is 1.60 bits per heavy atom. The number of hydrogen-bond donors (Lipinski definition) is 1. The van der Waals surface area contributed by atoms with Crippen molar-refractivity contribution in [2.45, 2.75) is 47.1 Å². The molecule has 0 unspecified atom stereocenters. The van der Waals surface area contributed by atoms with Crippen molar-refractivity contribution < 1.29 is 0 Å². The predicted octanol–water partition coefficient (Wildman–Crippen LogP) is 5.23. The summed E-state index contributed by atoms with van der Waals surface area (Å²) >= 11 is 0. The number of imidazole rings is 1. The molecule has 0 amide bonds. The lowest BCUT2D eigenvalue weighted by Crippen LogP contribution is -2.09. The van der Waals surface area contributed by atoms with Crippen LogP contribution in [0.3, 0.4) is 0 Å². The molecule has 0 bridgehead atoms. The van der Waals surface area contributed by atoms with Crippen LogP contribution in [0.2, 0.25) is 0 Å². The number of nitrogens with two attached hydrogens (primary N) is 1. The van der Waals surface area contributed by atoms with Crippen LogP contribution in [-0.2, 0) is 6.54 Å². The Morgan fingerprint density at radius 1 is 1.00 bits per heavy atom. The molecule has 3 nitrogen and oxygen atoms in total. The second-order valence-electron chi connectivity index (χ2n) is 7.20. The van der Waals surface area contributed by atoms with E-state index >= 15 is 0 Å². The van der Waals surface area contributed by atoms with Crippen LogP contribution >= 0.6 is 0 Å².